The van der Waals surface area contributed by atoms with Gasteiger partial charge in [0.15, 0.2) is 11.5 Å². The lowest BCUT2D eigenvalue weighted by Gasteiger charge is -2.05. The fourth-order valence-electron chi connectivity index (χ4n) is 3.48. The Morgan fingerprint density at radius 2 is 2.21 bits per heavy atom. The summed E-state index contributed by atoms with van der Waals surface area (Å²) in [6.07, 6.45) is 3.01. The van der Waals surface area contributed by atoms with Crippen molar-refractivity contribution < 1.29 is 18.8 Å². The number of ether oxygens (including phenoxy) is 2. The molecule has 29 heavy (non-hydrogen) atoms. The average molecular weight is 401 g/mol. The van der Waals surface area contributed by atoms with Gasteiger partial charge in [0.25, 0.3) is 5.89 Å². The van der Waals surface area contributed by atoms with Crippen LogP contribution in [0.2, 0.25) is 0 Å². The molecule has 0 unspecified atom stereocenters. The highest BCUT2D eigenvalue weighted by Crippen LogP contribution is 2.27. The van der Waals surface area contributed by atoms with E-state index in [1.807, 2.05) is 13.8 Å². The molecule has 1 aliphatic rings. The Kier molecular flexibility index (Phi) is 5.18. The maximum atomic E-state index is 13.1. The highest BCUT2D eigenvalue weighted by atomic mass is 16.5. The molecular weight excluding hydrogens is 378 g/mol. The minimum absolute atomic E-state index is 0.100. The van der Waals surface area contributed by atoms with Crippen molar-refractivity contribution in [2.45, 2.75) is 45.9 Å². The van der Waals surface area contributed by atoms with Crippen LogP contribution in [0.15, 0.2) is 21.6 Å². The predicted molar refractivity (Wildman–Crippen MR) is 101 cm³/mol. The second kappa shape index (κ2) is 7.78. The van der Waals surface area contributed by atoms with E-state index in [2.05, 4.69) is 15.1 Å². The molecule has 1 aliphatic heterocycles. The van der Waals surface area contributed by atoms with E-state index < -0.39 is 5.97 Å². The Labute approximate surface area is 166 Å². The number of imidazole rings is 1. The van der Waals surface area contributed by atoms with Gasteiger partial charge in [-0.25, -0.2) is 14.6 Å². The van der Waals surface area contributed by atoms with Crippen LogP contribution in [0.4, 0.5) is 0 Å². The van der Waals surface area contributed by atoms with Crippen LogP contribution in [0.25, 0.3) is 11.2 Å². The van der Waals surface area contributed by atoms with Crippen molar-refractivity contribution >= 4 is 17.1 Å². The molecule has 0 aromatic carbocycles. The number of fused-ring (bicyclic) bond motifs is 1. The Bertz CT molecular complexity index is 1090. The van der Waals surface area contributed by atoms with E-state index >= 15 is 0 Å². The van der Waals surface area contributed by atoms with Crippen molar-refractivity contribution in [1.82, 2.24) is 24.3 Å². The van der Waals surface area contributed by atoms with Crippen LogP contribution in [0.5, 0.6) is 0 Å². The van der Waals surface area contributed by atoms with Crippen molar-refractivity contribution in [3.8, 4) is 0 Å². The minimum Gasteiger partial charge on any atom is -0.465 e. The number of hydrogen-bond acceptors (Lipinski definition) is 8. The molecule has 0 radical (unpaired) electrons. The third-order valence-corrected chi connectivity index (χ3v) is 4.81. The zero-order chi connectivity index (χ0) is 20.5. The summed E-state index contributed by atoms with van der Waals surface area (Å²) < 4.78 is 18.8. The molecular formula is C19H23N5O5. The van der Waals surface area contributed by atoms with Crippen LogP contribution < -0.4 is 5.69 Å². The first-order chi connectivity index (χ1) is 14.0. The van der Waals surface area contributed by atoms with Crippen LogP contribution in [0.1, 0.15) is 54.9 Å². The molecule has 10 heteroatoms. The van der Waals surface area contributed by atoms with Gasteiger partial charge in [-0.15, -0.1) is 0 Å². The highest BCUT2D eigenvalue weighted by Gasteiger charge is 2.25. The molecule has 0 saturated carbocycles. The summed E-state index contributed by atoms with van der Waals surface area (Å²) in [6.45, 7) is 5.31. The summed E-state index contributed by atoms with van der Waals surface area (Å²) in [5.41, 5.74) is 1.04. The van der Waals surface area contributed by atoms with Crippen LogP contribution >= 0.6 is 0 Å². The van der Waals surface area contributed by atoms with E-state index in [1.165, 1.54) is 17.9 Å². The minimum atomic E-state index is -0.518. The SMILES string of the molecule is COC(=O)c1cnc2c(c1)n(Cc1noc([C@H]3CCCO3)n1)c(=O)n2CC(C)C. The second-order valence-corrected chi connectivity index (χ2v) is 7.48. The topological polar surface area (TPSA) is 114 Å². The standard InChI is InChI=1S/C19H23N5O5/c1-11(2)9-24-16-13(7-12(8-20-16)18(25)27-3)23(19(24)26)10-15-21-17(29-22-15)14-5-4-6-28-14/h7-8,11,14H,4-6,9-10H2,1-3H3/t14-/m1/s1. The van der Waals surface area contributed by atoms with Gasteiger partial charge in [0.1, 0.15) is 6.10 Å². The average Bonchev–Trinajstić information content (AvgIpc) is 3.44. The van der Waals surface area contributed by atoms with Crippen LogP contribution in [-0.4, -0.2) is 43.9 Å². The Morgan fingerprint density at radius 1 is 1.38 bits per heavy atom. The Morgan fingerprint density at radius 3 is 2.90 bits per heavy atom. The number of esters is 1. The van der Waals surface area contributed by atoms with Gasteiger partial charge >= 0.3 is 11.7 Å². The number of carbonyl (C=O) groups is 1. The second-order valence-electron chi connectivity index (χ2n) is 7.48. The number of hydrogen-bond donors (Lipinski definition) is 0. The van der Waals surface area contributed by atoms with Gasteiger partial charge in [0.2, 0.25) is 0 Å². The molecule has 0 N–H and O–H groups in total. The van der Waals surface area contributed by atoms with Crippen molar-refractivity contribution in [3.05, 3.63) is 40.0 Å². The van der Waals surface area contributed by atoms with Gasteiger partial charge in [0.05, 0.1) is 24.7 Å². The zero-order valence-electron chi connectivity index (χ0n) is 16.6. The van der Waals surface area contributed by atoms with Crippen LogP contribution in [-0.2, 0) is 22.6 Å². The fraction of sp³-hybridized carbons (Fsp3) is 0.526. The predicted octanol–water partition coefficient (Wildman–Crippen LogP) is 1.92. The van der Waals surface area contributed by atoms with E-state index in [1.54, 1.807) is 10.6 Å². The summed E-state index contributed by atoms with van der Waals surface area (Å²) >= 11 is 0. The maximum absolute atomic E-state index is 13.1. The van der Waals surface area contributed by atoms with E-state index in [-0.39, 0.29) is 29.8 Å². The number of pyridine rings is 1. The fourth-order valence-corrected chi connectivity index (χ4v) is 3.48. The summed E-state index contributed by atoms with van der Waals surface area (Å²) in [5, 5.41) is 4.00. The highest BCUT2D eigenvalue weighted by molar-refractivity contribution is 5.92. The molecule has 1 fully saturated rings. The largest absolute Gasteiger partial charge is 0.465 e. The summed E-state index contributed by atoms with van der Waals surface area (Å²) in [5.74, 6) is 0.509. The molecule has 1 atom stereocenters. The quantitative estimate of drug-likeness (QED) is 0.576. The lowest BCUT2D eigenvalue weighted by Crippen LogP contribution is -2.26. The first-order valence-corrected chi connectivity index (χ1v) is 9.59. The molecule has 0 amide bonds. The molecule has 3 aromatic rings. The van der Waals surface area contributed by atoms with Crippen LogP contribution in [0, 0.1) is 5.92 Å². The van der Waals surface area contributed by atoms with E-state index in [4.69, 9.17) is 14.0 Å². The monoisotopic (exact) mass is 401 g/mol. The molecule has 1 saturated heterocycles. The molecule has 0 spiro atoms. The summed E-state index contributed by atoms with van der Waals surface area (Å²) in [6, 6.07) is 1.60. The van der Waals surface area contributed by atoms with Gasteiger partial charge in [-0.1, -0.05) is 19.0 Å². The molecule has 154 valence electrons. The number of methoxy groups -OCH3 is 1. The van der Waals surface area contributed by atoms with Crippen molar-refractivity contribution in [3.63, 3.8) is 0 Å². The molecule has 10 nitrogen and oxygen atoms in total. The van der Waals surface area contributed by atoms with Gasteiger partial charge < -0.3 is 14.0 Å². The Balaban J connectivity index is 1.76. The van der Waals surface area contributed by atoms with Crippen molar-refractivity contribution in [2.24, 2.45) is 5.92 Å². The molecule has 4 heterocycles. The molecule has 0 aliphatic carbocycles. The van der Waals surface area contributed by atoms with E-state index in [0.717, 1.165) is 12.8 Å². The summed E-state index contributed by atoms with van der Waals surface area (Å²) in [4.78, 5) is 33.8. The third-order valence-electron chi connectivity index (χ3n) is 4.81. The molecule has 3 aromatic heterocycles. The van der Waals surface area contributed by atoms with Crippen molar-refractivity contribution in [1.29, 1.82) is 0 Å². The maximum Gasteiger partial charge on any atom is 0.339 e. The first kappa shape index (κ1) is 19.3. The van der Waals surface area contributed by atoms with Gasteiger partial charge in [-0.05, 0) is 24.8 Å². The normalized spacial score (nSPS) is 16.8. The van der Waals surface area contributed by atoms with Gasteiger partial charge in [-0.3, -0.25) is 9.13 Å². The van der Waals surface area contributed by atoms with Crippen LogP contribution in [0.3, 0.4) is 0 Å². The Hall–Kier alpha value is -3.01. The number of carbonyl (C=O) groups excluding carboxylic acids is 1. The molecule has 4 rings (SSSR count). The van der Waals surface area contributed by atoms with Gasteiger partial charge in [0, 0.05) is 19.3 Å². The number of nitrogens with zero attached hydrogens (tertiary/aromatic N) is 5. The third kappa shape index (κ3) is 3.67. The lowest BCUT2D eigenvalue weighted by atomic mass is 10.2. The first-order valence-electron chi connectivity index (χ1n) is 9.59. The number of aromatic nitrogens is 5. The van der Waals surface area contributed by atoms with Gasteiger partial charge in [-0.2, -0.15) is 4.98 Å². The number of rotatable bonds is 6. The van der Waals surface area contributed by atoms with E-state index in [9.17, 15) is 9.59 Å². The van der Waals surface area contributed by atoms with Crippen molar-refractivity contribution in [2.75, 3.05) is 13.7 Å². The molecule has 0 bridgehead atoms. The smallest absolute Gasteiger partial charge is 0.339 e. The lowest BCUT2D eigenvalue weighted by molar-refractivity contribution is 0.0600. The summed E-state index contributed by atoms with van der Waals surface area (Å²) in [7, 11) is 1.30. The zero-order valence-corrected chi connectivity index (χ0v) is 16.6. The van der Waals surface area contributed by atoms with E-state index in [0.29, 0.717) is 36.0 Å².